The van der Waals surface area contributed by atoms with Crippen molar-refractivity contribution in [2.45, 2.75) is 25.1 Å². The van der Waals surface area contributed by atoms with Crippen molar-refractivity contribution < 1.29 is 9.21 Å². The van der Waals surface area contributed by atoms with Gasteiger partial charge in [0.1, 0.15) is 0 Å². The van der Waals surface area contributed by atoms with Crippen molar-refractivity contribution in [2.75, 3.05) is 12.8 Å². The van der Waals surface area contributed by atoms with E-state index in [1.807, 2.05) is 24.3 Å². The zero-order chi connectivity index (χ0) is 19.2. The van der Waals surface area contributed by atoms with Crippen molar-refractivity contribution >= 4 is 33.6 Å². The minimum Gasteiger partial charge on any atom is -0.411 e. The quantitative estimate of drug-likeness (QED) is 0.488. The van der Waals surface area contributed by atoms with Gasteiger partial charge in [-0.25, -0.2) is 0 Å². The van der Waals surface area contributed by atoms with Crippen LogP contribution in [-0.4, -0.2) is 33.8 Å². The highest BCUT2D eigenvalue weighted by molar-refractivity contribution is 9.10. The van der Waals surface area contributed by atoms with Gasteiger partial charge in [0, 0.05) is 18.1 Å². The number of carbonyl (C=O) groups is 1. The van der Waals surface area contributed by atoms with Gasteiger partial charge in [-0.1, -0.05) is 55.1 Å². The number of thioether (sulfide) groups is 1. The van der Waals surface area contributed by atoms with E-state index in [4.69, 9.17) is 4.42 Å². The van der Waals surface area contributed by atoms with Gasteiger partial charge in [0.25, 0.3) is 5.22 Å². The molecule has 2 aromatic carbocycles. The first-order valence-corrected chi connectivity index (χ1v) is 10.4. The summed E-state index contributed by atoms with van der Waals surface area (Å²) in [5.41, 5.74) is 3.23. The van der Waals surface area contributed by atoms with Gasteiger partial charge < -0.3 is 9.32 Å². The Hall–Kier alpha value is -2.12. The molecule has 5 nitrogen and oxygen atoms in total. The van der Waals surface area contributed by atoms with Gasteiger partial charge in [0.15, 0.2) is 0 Å². The second kappa shape index (κ2) is 9.19. The molecule has 0 atom stereocenters. The van der Waals surface area contributed by atoms with Crippen molar-refractivity contribution in [3.05, 3.63) is 64.1 Å². The summed E-state index contributed by atoms with van der Waals surface area (Å²) in [6, 6.07) is 16.0. The van der Waals surface area contributed by atoms with Crippen LogP contribution in [0.5, 0.6) is 0 Å². The third-order valence-corrected chi connectivity index (χ3v) is 5.60. The predicted molar refractivity (Wildman–Crippen MR) is 110 cm³/mol. The van der Waals surface area contributed by atoms with Gasteiger partial charge in [0.05, 0.1) is 11.3 Å². The molecule has 0 unspecified atom stereocenters. The van der Waals surface area contributed by atoms with Crippen LogP contribution in [0.4, 0.5) is 0 Å². The SMILES string of the molecule is CCc1ccc(CN(C)C(=O)CSc2nnc(-c3ccccc3Br)o2)cc1. The van der Waals surface area contributed by atoms with E-state index in [0.29, 0.717) is 17.7 Å². The number of amides is 1. The summed E-state index contributed by atoms with van der Waals surface area (Å²) >= 11 is 4.72. The molecule has 0 N–H and O–H groups in total. The fourth-order valence-electron chi connectivity index (χ4n) is 2.49. The van der Waals surface area contributed by atoms with Crippen LogP contribution >= 0.6 is 27.7 Å². The van der Waals surface area contributed by atoms with Gasteiger partial charge in [-0.05, 0) is 45.6 Å². The minimum atomic E-state index is 0.0141. The van der Waals surface area contributed by atoms with Crippen molar-refractivity contribution in [1.82, 2.24) is 15.1 Å². The Balaban J connectivity index is 1.55. The van der Waals surface area contributed by atoms with Crippen molar-refractivity contribution in [1.29, 1.82) is 0 Å². The van der Waals surface area contributed by atoms with E-state index in [2.05, 4.69) is 57.3 Å². The molecule has 1 aromatic heterocycles. The summed E-state index contributed by atoms with van der Waals surface area (Å²) in [5.74, 6) is 0.697. The summed E-state index contributed by atoms with van der Waals surface area (Å²) in [5, 5.41) is 8.47. The zero-order valence-corrected chi connectivity index (χ0v) is 17.6. The average Bonchev–Trinajstić information content (AvgIpc) is 3.15. The topological polar surface area (TPSA) is 59.2 Å². The summed E-state index contributed by atoms with van der Waals surface area (Å²) in [6.07, 6.45) is 1.01. The number of nitrogens with zero attached hydrogens (tertiary/aromatic N) is 3. The van der Waals surface area contributed by atoms with Gasteiger partial charge in [-0.3, -0.25) is 4.79 Å². The lowest BCUT2D eigenvalue weighted by Gasteiger charge is -2.16. The third-order valence-electron chi connectivity index (χ3n) is 4.11. The lowest BCUT2D eigenvalue weighted by molar-refractivity contribution is -0.127. The molecule has 0 fully saturated rings. The maximum atomic E-state index is 12.4. The maximum absolute atomic E-state index is 12.4. The molecule has 0 saturated heterocycles. The van der Waals surface area contributed by atoms with E-state index >= 15 is 0 Å². The first-order valence-electron chi connectivity index (χ1n) is 8.59. The zero-order valence-electron chi connectivity index (χ0n) is 15.2. The monoisotopic (exact) mass is 445 g/mol. The highest BCUT2D eigenvalue weighted by atomic mass is 79.9. The first kappa shape index (κ1) is 19.6. The molecular formula is C20H20BrN3O2S. The number of aryl methyl sites for hydroxylation is 1. The Morgan fingerprint density at radius 2 is 1.81 bits per heavy atom. The lowest BCUT2D eigenvalue weighted by atomic mass is 10.1. The highest BCUT2D eigenvalue weighted by Crippen LogP contribution is 2.29. The van der Waals surface area contributed by atoms with E-state index in [0.717, 1.165) is 22.0 Å². The van der Waals surface area contributed by atoms with E-state index < -0.39 is 0 Å². The van der Waals surface area contributed by atoms with Gasteiger partial charge in [-0.15, -0.1) is 10.2 Å². The van der Waals surface area contributed by atoms with E-state index in [9.17, 15) is 4.79 Å². The molecule has 0 bridgehead atoms. The summed E-state index contributed by atoms with van der Waals surface area (Å²) in [4.78, 5) is 14.1. The third kappa shape index (κ3) is 5.20. The minimum absolute atomic E-state index is 0.0141. The second-order valence-corrected chi connectivity index (χ2v) is 7.84. The largest absolute Gasteiger partial charge is 0.411 e. The van der Waals surface area contributed by atoms with Gasteiger partial charge in [-0.2, -0.15) is 0 Å². The number of aromatic nitrogens is 2. The molecule has 3 rings (SSSR count). The van der Waals surface area contributed by atoms with Crippen LogP contribution < -0.4 is 0 Å². The van der Waals surface area contributed by atoms with Crippen molar-refractivity contribution in [2.24, 2.45) is 0 Å². The Labute approximate surface area is 171 Å². The number of hydrogen-bond acceptors (Lipinski definition) is 5. The van der Waals surface area contributed by atoms with Crippen LogP contribution in [0.15, 0.2) is 62.6 Å². The first-order chi connectivity index (χ1) is 13.1. The molecule has 1 amide bonds. The van der Waals surface area contributed by atoms with Crippen LogP contribution in [0.1, 0.15) is 18.1 Å². The number of carbonyl (C=O) groups excluding carboxylic acids is 1. The molecule has 3 aromatic rings. The normalized spacial score (nSPS) is 10.8. The maximum Gasteiger partial charge on any atom is 0.277 e. The fraction of sp³-hybridized carbons (Fsp3) is 0.250. The molecular weight excluding hydrogens is 426 g/mol. The Bertz CT molecular complexity index is 912. The molecule has 0 aliphatic carbocycles. The number of benzene rings is 2. The molecule has 0 aliphatic rings. The van der Waals surface area contributed by atoms with Crippen LogP contribution in [-0.2, 0) is 17.8 Å². The fourth-order valence-corrected chi connectivity index (χ4v) is 3.65. The molecule has 1 heterocycles. The Morgan fingerprint density at radius 3 is 2.52 bits per heavy atom. The van der Waals surface area contributed by atoms with E-state index in [1.165, 1.54) is 17.3 Å². The molecule has 0 radical (unpaired) electrons. The van der Waals surface area contributed by atoms with Crippen LogP contribution in [0.3, 0.4) is 0 Å². The summed E-state index contributed by atoms with van der Waals surface area (Å²) in [7, 11) is 1.80. The van der Waals surface area contributed by atoms with Gasteiger partial charge in [0.2, 0.25) is 11.8 Å². The van der Waals surface area contributed by atoms with Crippen molar-refractivity contribution in [3.63, 3.8) is 0 Å². The Morgan fingerprint density at radius 1 is 1.11 bits per heavy atom. The highest BCUT2D eigenvalue weighted by Gasteiger charge is 2.15. The molecule has 27 heavy (non-hydrogen) atoms. The lowest BCUT2D eigenvalue weighted by Crippen LogP contribution is -2.27. The predicted octanol–water partition coefficient (Wildman–Crippen LogP) is 4.81. The number of hydrogen-bond donors (Lipinski definition) is 0. The standard InChI is InChI=1S/C20H20BrN3O2S/c1-3-14-8-10-15(11-9-14)12-24(2)18(25)13-27-20-23-22-19(26-20)16-6-4-5-7-17(16)21/h4-11H,3,12-13H2,1-2H3. The van der Waals surface area contributed by atoms with Crippen LogP contribution in [0.2, 0.25) is 0 Å². The molecule has 0 saturated carbocycles. The average molecular weight is 446 g/mol. The molecule has 140 valence electrons. The van der Waals surface area contributed by atoms with E-state index in [1.54, 1.807) is 11.9 Å². The summed E-state index contributed by atoms with van der Waals surface area (Å²) in [6.45, 7) is 2.71. The molecule has 0 aliphatic heterocycles. The summed E-state index contributed by atoms with van der Waals surface area (Å²) < 4.78 is 6.55. The molecule has 7 heteroatoms. The smallest absolute Gasteiger partial charge is 0.277 e. The van der Waals surface area contributed by atoms with E-state index in [-0.39, 0.29) is 11.7 Å². The molecule has 0 spiro atoms. The van der Waals surface area contributed by atoms with Crippen molar-refractivity contribution in [3.8, 4) is 11.5 Å². The number of halogens is 1. The van der Waals surface area contributed by atoms with Crippen LogP contribution in [0, 0.1) is 0 Å². The van der Waals surface area contributed by atoms with Gasteiger partial charge >= 0.3 is 0 Å². The van der Waals surface area contributed by atoms with Crippen LogP contribution in [0.25, 0.3) is 11.5 Å². The number of rotatable bonds is 7. The second-order valence-electron chi connectivity index (χ2n) is 6.06. The Kier molecular flexibility index (Phi) is 6.68.